The maximum absolute atomic E-state index is 12.2. The van der Waals surface area contributed by atoms with E-state index < -0.39 is 0 Å². The summed E-state index contributed by atoms with van der Waals surface area (Å²) in [5, 5.41) is 9.88. The first kappa shape index (κ1) is 22.6. The quantitative estimate of drug-likeness (QED) is 0.472. The first-order valence-corrected chi connectivity index (χ1v) is 11.6. The Morgan fingerprint density at radius 3 is 2.57 bits per heavy atom. The molecular weight excluding hydrogens is 376 g/mol. The first-order chi connectivity index (χ1) is 14.7. The molecular formula is C24H38N4O2. The Hall–Kier alpha value is -2.08. The molecule has 1 saturated heterocycles. The second-order valence-corrected chi connectivity index (χ2v) is 8.64. The minimum Gasteiger partial charge on any atom is -0.373 e. The third kappa shape index (κ3) is 7.01. The van der Waals surface area contributed by atoms with Crippen LogP contribution in [0.4, 0.5) is 0 Å². The largest absolute Gasteiger partial charge is 0.373 e. The van der Waals surface area contributed by atoms with Gasteiger partial charge in [-0.25, -0.2) is 0 Å². The van der Waals surface area contributed by atoms with E-state index in [2.05, 4.69) is 52.1 Å². The normalized spacial score (nSPS) is 23.1. The molecule has 1 amide bonds. The minimum absolute atomic E-state index is 0.117. The summed E-state index contributed by atoms with van der Waals surface area (Å²) in [7, 11) is 1.77. The lowest BCUT2D eigenvalue weighted by Crippen LogP contribution is -2.43. The molecule has 2 atom stereocenters. The van der Waals surface area contributed by atoms with Crippen LogP contribution in [0.25, 0.3) is 0 Å². The Balaban J connectivity index is 1.41. The summed E-state index contributed by atoms with van der Waals surface area (Å²) in [5.74, 6) is 1.27. The molecule has 2 aliphatic rings. The molecule has 6 heteroatoms. The molecule has 0 spiro atoms. The zero-order valence-electron chi connectivity index (χ0n) is 18.6. The van der Waals surface area contributed by atoms with Gasteiger partial charge in [-0.05, 0) is 38.2 Å². The molecule has 0 aromatic heterocycles. The summed E-state index contributed by atoms with van der Waals surface area (Å²) in [6, 6.07) is 9.02. The standard InChI is InChI=1S/C24H38N4O2/c1-18-10-12-19(13-11-18)23-20(7-6-16-30-23)17-27-24(25-2)26-15-14-22(29)28-21-8-4-3-5-9-21/h10-13,20-21,23H,3-9,14-17H2,1-2H3,(H,28,29)(H2,25,26,27). The molecule has 1 aliphatic heterocycles. The van der Waals surface area contributed by atoms with E-state index in [4.69, 9.17) is 4.74 Å². The SMILES string of the molecule is CN=C(NCCC(=O)NC1CCCCC1)NCC1CCCOC1c1ccc(C)cc1. The summed E-state index contributed by atoms with van der Waals surface area (Å²) in [6.45, 7) is 4.31. The van der Waals surface area contributed by atoms with Crippen molar-refractivity contribution in [2.45, 2.75) is 70.4 Å². The smallest absolute Gasteiger partial charge is 0.221 e. The summed E-state index contributed by atoms with van der Waals surface area (Å²) < 4.78 is 6.11. The monoisotopic (exact) mass is 414 g/mol. The molecule has 30 heavy (non-hydrogen) atoms. The van der Waals surface area contributed by atoms with Crippen LogP contribution in [-0.4, -0.2) is 44.7 Å². The highest BCUT2D eigenvalue weighted by atomic mass is 16.5. The number of carbonyl (C=O) groups is 1. The molecule has 3 rings (SSSR count). The van der Waals surface area contributed by atoms with Crippen LogP contribution < -0.4 is 16.0 Å². The Morgan fingerprint density at radius 2 is 1.83 bits per heavy atom. The van der Waals surface area contributed by atoms with Crippen molar-refractivity contribution in [1.82, 2.24) is 16.0 Å². The highest BCUT2D eigenvalue weighted by Gasteiger charge is 2.27. The molecule has 166 valence electrons. The van der Waals surface area contributed by atoms with E-state index in [1.54, 1.807) is 7.05 Å². The van der Waals surface area contributed by atoms with Gasteiger partial charge in [0.25, 0.3) is 0 Å². The van der Waals surface area contributed by atoms with Gasteiger partial charge in [0.1, 0.15) is 0 Å². The van der Waals surface area contributed by atoms with Crippen LogP contribution in [0.15, 0.2) is 29.3 Å². The fraction of sp³-hybridized carbons (Fsp3) is 0.667. The number of amides is 1. The van der Waals surface area contributed by atoms with Crippen LogP contribution in [-0.2, 0) is 9.53 Å². The van der Waals surface area contributed by atoms with E-state index in [9.17, 15) is 4.79 Å². The van der Waals surface area contributed by atoms with Gasteiger partial charge in [-0.15, -0.1) is 0 Å². The average Bonchev–Trinajstić information content (AvgIpc) is 2.77. The van der Waals surface area contributed by atoms with Gasteiger partial charge >= 0.3 is 0 Å². The van der Waals surface area contributed by atoms with Crippen LogP contribution in [0, 0.1) is 12.8 Å². The molecule has 1 aliphatic carbocycles. The van der Waals surface area contributed by atoms with Crippen LogP contribution in [0.5, 0.6) is 0 Å². The number of guanidine groups is 1. The van der Waals surface area contributed by atoms with E-state index in [0.29, 0.717) is 24.9 Å². The molecule has 1 aromatic rings. The number of hydrogen-bond donors (Lipinski definition) is 3. The van der Waals surface area contributed by atoms with Gasteiger partial charge in [0.05, 0.1) is 6.10 Å². The maximum Gasteiger partial charge on any atom is 0.221 e. The molecule has 0 bridgehead atoms. The van der Waals surface area contributed by atoms with Crippen molar-refractivity contribution in [3.05, 3.63) is 35.4 Å². The second kappa shape index (κ2) is 11.9. The van der Waals surface area contributed by atoms with Crippen molar-refractivity contribution in [2.75, 3.05) is 26.7 Å². The van der Waals surface area contributed by atoms with Crippen molar-refractivity contribution >= 4 is 11.9 Å². The predicted octanol–water partition coefficient (Wildman–Crippen LogP) is 3.47. The molecule has 1 heterocycles. The van der Waals surface area contributed by atoms with Gasteiger partial charge in [0.15, 0.2) is 5.96 Å². The highest BCUT2D eigenvalue weighted by molar-refractivity contribution is 5.81. The second-order valence-electron chi connectivity index (χ2n) is 8.64. The number of carbonyl (C=O) groups excluding carboxylic acids is 1. The number of aliphatic imine (C=N–C) groups is 1. The van der Waals surface area contributed by atoms with Gasteiger partial charge in [0, 0.05) is 45.1 Å². The summed E-state index contributed by atoms with van der Waals surface area (Å²) in [6.07, 6.45) is 8.80. The van der Waals surface area contributed by atoms with E-state index >= 15 is 0 Å². The summed E-state index contributed by atoms with van der Waals surface area (Å²) in [4.78, 5) is 16.5. The lowest BCUT2D eigenvalue weighted by molar-refractivity contribution is -0.121. The molecule has 1 aromatic carbocycles. The number of aryl methyl sites for hydroxylation is 1. The van der Waals surface area contributed by atoms with Crippen LogP contribution >= 0.6 is 0 Å². The minimum atomic E-state index is 0.117. The molecule has 3 N–H and O–H groups in total. The molecule has 6 nitrogen and oxygen atoms in total. The van der Waals surface area contributed by atoms with Crippen LogP contribution in [0.1, 0.15) is 68.6 Å². The van der Waals surface area contributed by atoms with E-state index in [-0.39, 0.29) is 12.0 Å². The van der Waals surface area contributed by atoms with Gasteiger partial charge in [-0.2, -0.15) is 0 Å². The molecule has 2 unspecified atom stereocenters. The Kier molecular flexibility index (Phi) is 9.00. The number of ether oxygens (including phenoxy) is 1. The first-order valence-electron chi connectivity index (χ1n) is 11.6. The van der Waals surface area contributed by atoms with Crippen molar-refractivity contribution in [2.24, 2.45) is 10.9 Å². The van der Waals surface area contributed by atoms with Crippen molar-refractivity contribution in [1.29, 1.82) is 0 Å². The van der Waals surface area contributed by atoms with Crippen LogP contribution in [0.2, 0.25) is 0 Å². The van der Waals surface area contributed by atoms with E-state index in [1.165, 1.54) is 30.4 Å². The third-order valence-corrected chi connectivity index (χ3v) is 6.22. The fourth-order valence-electron chi connectivity index (χ4n) is 4.47. The molecule has 0 radical (unpaired) electrons. The predicted molar refractivity (Wildman–Crippen MR) is 122 cm³/mol. The zero-order chi connectivity index (χ0) is 21.2. The number of hydrogen-bond acceptors (Lipinski definition) is 3. The lowest BCUT2D eigenvalue weighted by atomic mass is 9.89. The van der Waals surface area contributed by atoms with Crippen LogP contribution in [0.3, 0.4) is 0 Å². The third-order valence-electron chi connectivity index (χ3n) is 6.22. The fourth-order valence-corrected chi connectivity index (χ4v) is 4.47. The highest BCUT2D eigenvalue weighted by Crippen LogP contribution is 2.33. The van der Waals surface area contributed by atoms with Crippen molar-refractivity contribution in [3.8, 4) is 0 Å². The maximum atomic E-state index is 12.2. The number of rotatable bonds is 7. The van der Waals surface area contributed by atoms with Gasteiger partial charge in [-0.3, -0.25) is 9.79 Å². The average molecular weight is 415 g/mol. The molecule has 1 saturated carbocycles. The number of nitrogens with zero attached hydrogens (tertiary/aromatic N) is 1. The summed E-state index contributed by atoms with van der Waals surface area (Å²) >= 11 is 0. The number of benzene rings is 1. The topological polar surface area (TPSA) is 74.8 Å². The lowest BCUT2D eigenvalue weighted by Gasteiger charge is -2.32. The van der Waals surface area contributed by atoms with E-state index in [1.807, 2.05) is 0 Å². The number of nitrogens with one attached hydrogen (secondary N) is 3. The van der Waals surface area contributed by atoms with Gasteiger partial charge in [0.2, 0.25) is 5.91 Å². The molecule has 2 fully saturated rings. The Labute approximate surface area is 181 Å². The zero-order valence-corrected chi connectivity index (χ0v) is 18.6. The van der Waals surface area contributed by atoms with Crippen molar-refractivity contribution in [3.63, 3.8) is 0 Å². The Morgan fingerprint density at radius 1 is 1.07 bits per heavy atom. The van der Waals surface area contributed by atoms with Gasteiger partial charge < -0.3 is 20.7 Å². The summed E-state index contributed by atoms with van der Waals surface area (Å²) in [5.41, 5.74) is 2.51. The van der Waals surface area contributed by atoms with Gasteiger partial charge in [-0.1, -0.05) is 49.1 Å². The van der Waals surface area contributed by atoms with E-state index in [0.717, 1.165) is 44.8 Å². The van der Waals surface area contributed by atoms with Crippen molar-refractivity contribution < 1.29 is 9.53 Å². The Bertz CT molecular complexity index is 683.